The minimum atomic E-state index is 0.810. The maximum absolute atomic E-state index is 2.24. The van der Waals surface area contributed by atoms with E-state index in [4.69, 9.17) is 0 Å². The molecule has 0 saturated carbocycles. The maximum atomic E-state index is 2.24. The average molecular weight is 388 g/mol. The molecule has 3 nitrogen and oxygen atoms in total. The second kappa shape index (κ2) is 8.22. The van der Waals surface area contributed by atoms with E-state index >= 15 is 0 Å². The van der Waals surface area contributed by atoms with Gasteiger partial charge in [-0.3, -0.25) is 4.48 Å². The number of hydrogen-bond acceptors (Lipinski definition) is 1. The summed E-state index contributed by atoms with van der Waals surface area (Å²) in [5.74, 6) is 0. The van der Waals surface area contributed by atoms with Crippen LogP contribution in [0.4, 0.5) is 11.4 Å². The van der Waals surface area contributed by atoms with Crippen LogP contribution < -0.4 is 9.38 Å². The first-order valence-electron chi connectivity index (χ1n) is 10.0. The van der Waals surface area contributed by atoms with Crippen molar-refractivity contribution < 1.29 is 4.58 Å². The van der Waals surface area contributed by atoms with Crippen LogP contribution in [0.3, 0.4) is 0 Å². The first-order chi connectivity index (χ1) is 13.7. The molecule has 0 aliphatic heterocycles. The molecule has 0 fully saturated rings. The maximum Gasteiger partial charge on any atom is 0.199 e. The van der Waals surface area contributed by atoms with E-state index < -0.39 is 0 Å². The lowest BCUT2D eigenvalue weighted by molar-refractivity contribution is -0.462. The summed E-state index contributed by atoms with van der Waals surface area (Å²) in [6.07, 6.45) is 8.81. The fourth-order valence-electron chi connectivity index (χ4n) is 3.43. The van der Waals surface area contributed by atoms with Crippen LogP contribution in [-0.2, 0) is 0 Å². The number of allylic oxidation sites excluding steroid dienone is 5. The van der Waals surface area contributed by atoms with Crippen molar-refractivity contribution in [3.63, 3.8) is 0 Å². The van der Waals surface area contributed by atoms with Gasteiger partial charge in [0.1, 0.15) is 19.8 Å². The summed E-state index contributed by atoms with van der Waals surface area (Å²) in [6.45, 7) is 0. The van der Waals surface area contributed by atoms with Gasteiger partial charge in [0, 0.05) is 31.9 Å². The zero-order valence-electron chi connectivity index (χ0n) is 18.8. The smallest absolute Gasteiger partial charge is 0.199 e. The van der Waals surface area contributed by atoms with Crippen molar-refractivity contribution in [1.29, 1.82) is 0 Å². The van der Waals surface area contributed by atoms with Gasteiger partial charge in [-0.1, -0.05) is 12.1 Å². The van der Waals surface area contributed by atoms with E-state index in [0.29, 0.717) is 0 Å². The minimum absolute atomic E-state index is 0.810. The standard InChI is InChI=1S/C26H33N3/c1-27(2)23-14-8-20(9-15-23)26(21-10-16-24(17-11-21)28(3)4)22-12-18-25(19-13-22)29(5,6)7/h8-19H,1-7H3/q+2. The molecule has 2 aromatic carbocycles. The Morgan fingerprint density at radius 3 is 1.62 bits per heavy atom. The van der Waals surface area contributed by atoms with Crippen molar-refractivity contribution in [2.75, 3.05) is 54.2 Å². The summed E-state index contributed by atoms with van der Waals surface area (Å²) in [5.41, 5.74) is 8.65. The summed E-state index contributed by atoms with van der Waals surface area (Å²) in [4.78, 5) is 2.13. The Bertz CT molecular complexity index is 971. The average Bonchev–Trinajstić information content (AvgIpc) is 2.69. The Kier molecular flexibility index (Phi) is 5.90. The summed E-state index contributed by atoms with van der Waals surface area (Å²) in [6, 6.07) is 17.8. The molecule has 1 aliphatic rings. The van der Waals surface area contributed by atoms with E-state index in [1.165, 1.54) is 39.4 Å². The van der Waals surface area contributed by atoms with Crippen LogP contribution in [0.15, 0.2) is 78.4 Å². The number of nitrogens with zero attached hydrogens (tertiary/aromatic N) is 3. The van der Waals surface area contributed by atoms with E-state index in [1.807, 2.05) is 0 Å². The molecular weight excluding hydrogens is 354 g/mol. The molecule has 0 atom stereocenters. The fraction of sp³-hybridized carbons (Fsp3) is 0.269. The van der Waals surface area contributed by atoms with Crippen LogP contribution in [0.5, 0.6) is 0 Å². The summed E-state index contributed by atoms with van der Waals surface area (Å²) >= 11 is 0. The highest BCUT2D eigenvalue weighted by atomic mass is 15.3. The fourth-order valence-corrected chi connectivity index (χ4v) is 3.43. The number of benzene rings is 2. The highest BCUT2D eigenvalue weighted by molar-refractivity contribution is 6.04. The second-order valence-electron chi connectivity index (χ2n) is 8.82. The van der Waals surface area contributed by atoms with Crippen molar-refractivity contribution in [3.05, 3.63) is 89.5 Å². The molecule has 0 amide bonds. The van der Waals surface area contributed by atoms with Crippen LogP contribution in [0.2, 0.25) is 0 Å². The quantitative estimate of drug-likeness (QED) is 0.549. The van der Waals surface area contributed by atoms with Crippen LogP contribution in [0.25, 0.3) is 5.57 Å². The number of rotatable bonds is 4. The third-order valence-electron chi connectivity index (χ3n) is 5.28. The van der Waals surface area contributed by atoms with Gasteiger partial charge in [0.25, 0.3) is 0 Å². The first kappa shape index (κ1) is 20.8. The molecule has 0 unspecified atom stereocenters. The third kappa shape index (κ3) is 4.75. The molecule has 0 heterocycles. The van der Waals surface area contributed by atoms with E-state index in [1.54, 1.807) is 0 Å². The van der Waals surface area contributed by atoms with E-state index in [-0.39, 0.29) is 0 Å². The van der Waals surface area contributed by atoms with E-state index in [2.05, 4.69) is 132 Å². The van der Waals surface area contributed by atoms with Crippen LogP contribution in [0.1, 0.15) is 11.1 Å². The topological polar surface area (TPSA) is 6.25 Å². The lowest BCUT2D eigenvalue weighted by Crippen LogP contribution is -2.34. The summed E-state index contributed by atoms with van der Waals surface area (Å²) in [5, 5.41) is 0. The molecule has 2 aromatic rings. The van der Waals surface area contributed by atoms with Crippen LogP contribution in [0, 0.1) is 0 Å². The van der Waals surface area contributed by atoms with Gasteiger partial charge in [0.2, 0.25) is 0 Å². The highest BCUT2D eigenvalue weighted by Gasteiger charge is 2.16. The molecular formula is C26H33N3+2. The molecule has 0 bridgehead atoms. The van der Waals surface area contributed by atoms with Gasteiger partial charge in [-0.2, -0.15) is 0 Å². The molecule has 1 aliphatic carbocycles. The van der Waals surface area contributed by atoms with Crippen LogP contribution >= 0.6 is 0 Å². The van der Waals surface area contributed by atoms with Crippen molar-refractivity contribution in [2.45, 2.75) is 0 Å². The lowest BCUT2D eigenvalue weighted by Gasteiger charge is -2.24. The van der Waals surface area contributed by atoms with Crippen molar-refractivity contribution in [1.82, 2.24) is 4.48 Å². The Hall–Kier alpha value is -2.91. The van der Waals surface area contributed by atoms with Gasteiger partial charge in [-0.05, 0) is 70.8 Å². The van der Waals surface area contributed by atoms with E-state index in [0.717, 1.165) is 4.48 Å². The largest absolute Gasteiger partial charge is 0.378 e. The zero-order chi connectivity index (χ0) is 21.2. The molecule has 3 heteroatoms. The zero-order valence-corrected chi connectivity index (χ0v) is 18.8. The van der Waals surface area contributed by atoms with Crippen molar-refractivity contribution in [2.24, 2.45) is 0 Å². The summed E-state index contributed by atoms with van der Waals surface area (Å²) in [7, 11) is 14.9. The SMILES string of the molecule is CN(C)c1ccc(C(=C2C=CC(=[N+](C)C)C=C2)c2ccc([N+](C)(C)C)cc2)cc1. The monoisotopic (exact) mass is 387 g/mol. The molecule has 29 heavy (non-hydrogen) atoms. The first-order valence-corrected chi connectivity index (χ1v) is 10.0. The molecule has 0 saturated heterocycles. The second-order valence-corrected chi connectivity index (χ2v) is 8.82. The Balaban J connectivity index is 2.13. The third-order valence-corrected chi connectivity index (χ3v) is 5.28. The van der Waals surface area contributed by atoms with Gasteiger partial charge >= 0.3 is 0 Å². The van der Waals surface area contributed by atoms with E-state index in [9.17, 15) is 0 Å². The summed E-state index contributed by atoms with van der Waals surface area (Å²) < 4.78 is 2.94. The van der Waals surface area contributed by atoms with Crippen LogP contribution in [-0.4, -0.2) is 59.6 Å². The van der Waals surface area contributed by atoms with Crippen molar-refractivity contribution >= 4 is 22.7 Å². The molecule has 3 rings (SSSR count). The highest BCUT2D eigenvalue weighted by Crippen LogP contribution is 2.32. The van der Waals surface area contributed by atoms with Gasteiger partial charge in [-0.15, -0.1) is 0 Å². The van der Waals surface area contributed by atoms with Gasteiger partial charge < -0.3 is 4.90 Å². The van der Waals surface area contributed by atoms with Gasteiger partial charge in [0.05, 0.1) is 21.1 Å². The van der Waals surface area contributed by atoms with Gasteiger partial charge in [0.15, 0.2) is 5.71 Å². The molecule has 150 valence electrons. The predicted octanol–water partition coefficient (Wildman–Crippen LogP) is 4.59. The van der Waals surface area contributed by atoms with Gasteiger partial charge in [-0.25, -0.2) is 4.58 Å². The molecule has 0 aromatic heterocycles. The number of quaternary nitrogens is 1. The Labute approximate surface area is 175 Å². The molecule has 0 N–H and O–H groups in total. The normalized spacial score (nSPS) is 13.6. The number of hydrogen-bond donors (Lipinski definition) is 0. The van der Waals surface area contributed by atoms with Crippen molar-refractivity contribution in [3.8, 4) is 0 Å². The lowest BCUT2D eigenvalue weighted by atomic mass is 9.90. The minimum Gasteiger partial charge on any atom is -0.378 e. The molecule has 0 spiro atoms. The number of anilines is 1. The Morgan fingerprint density at radius 1 is 0.724 bits per heavy atom. The molecule has 0 radical (unpaired) electrons. The Morgan fingerprint density at radius 2 is 1.21 bits per heavy atom. The predicted molar refractivity (Wildman–Crippen MR) is 128 cm³/mol.